The fraction of sp³-hybridized carbons (Fsp3) is 0.188. The molecule has 0 aliphatic carbocycles. The molecule has 0 atom stereocenters. The molecule has 1 aromatic carbocycles. The zero-order valence-electron chi connectivity index (χ0n) is 11.4. The molecule has 0 radical (unpaired) electrons. The number of para-hydroxylation sites is 1. The lowest BCUT2D eigenvalue weighted by molar-refractivity contribution is 0.0965. The summed E-state index contributed by atoms with van der Waals surface area (Å²) in [6.07, 6.45) is 1.89. The van der Waals surface area contributed by atoms with Gasteiger partial charge >= 0.3 is 0 Å². The first-order valence-electron chi connectivity index (χ1n) is 6.47. The van der Waals surface area contributed by atoms with Crippen LogP contribution in [0.3, 0.4) is 0 Å². The summed E-state index contributed by atoms with van der Waals surface area (Å²) in [5, 5.41) is 1.14. The minimum atomic E-state index is 0.119. The van der Waals surface area contributed by atoms with Gasteiger partial charge in [-0.15, -0.1) is 0 Å². The van der Waals surface area contributed by atoms with Crippen molar-refractivity contribution in [3.05, 3.63) is 58.5 Å². The number of Topliss-reactive ketones (excluding diaryl/α,β-unsaturated/α-hetero) is 1. The molecule has 0 saturated carbocycles. The second-order valence-corrected chi connectivity index (χ2v) is 5.72. The average Bonchev–Trinajstić information content (AvgIpc) is 2.97. The quantitative estimate of drug-likeness (QED) is 0.668. The molecular weight excluding hydrogens is 316 g/mol. The van der Waals surface area contributed by atoms with Crippen LogP contribution >= 0.6 is 15.9 Å². The van der Waals surface area contributed by atoms with Crippen molar-refractivity contribution in [3.63, 3.8) is 0 Å². The predicted octanol–water partition coefficient (Wildman–Crippen LogP) is 3.93. The monoisotopic (exact) mass is 330 g/mol. The maximum absolute atomic E-state index is 12.4. The number of carbonyl (C=O) groups excluding carboxylic acids is 1. The number of hydrogen-bond acceptors (Lipinski definition) is 1. The first-order chi connectivity index (χ1) is 9.59. The van der Waals surface area contributed by atoms with E-state index < -0.39 is 0 Å². The van der Waals surface area contributed by atoms with Gasteiger partial charge in [-0.1, -0.05) is 18.2 Å². The highest BCUT2D eigenvalue weighted by Gasteiger charge is 2.16. The smallest absolute Gasteiger partial charge is 0.198 e. The first kappa shape index (κ1) is 13.2. The molecule has 0 bridgehead atoms. The second kappa shape index (κ2) is 4.94. The molecule has 0 N–H and O–H groups in total. The molecule has 3 nitrogen and oxygen atoms in total. The molecule has 2 aromatic heterocycles. The van der Waals surface area contributed by atoms with Gasteiger partial charge in [-0.25, -0.2) is 0 Å². The summed E-state index contributed by atoms with van der Waals surface area (Å²) in [6.45, 7) is 2.39. The Bertz CT molecular complexity index is 798. The van der Waals surface area contributed by atoms with Crippen LogP contribution in [0, 0.1) is 6.92 Å². The molecule has 0 unspecified atom stereocenters. The molecule has 0 spiro atoms. The van der Waals surface area contributed by atoms with Crippen LogP contribution < -0.4 is 0 Å². The Kier molecular flexibility index (Phi) is 3.26. The van der Waals surface area contributed by atoms with E-state index in [4.69, 9.17) is 0 Å². The molecule has 20 heavy (non-hydrogen) atoms. The lowest BCUT2D eigenvalue weighted by Crippen LogP contribution is -2.14. The normalized spacial score (nSPS) is 11.2. The van der Waals surface area contributed by atoms with Gasteiger partial charge in [0.1, 0.15) is 0 Å². The lowest BCUT2D eigenvalue weighted by atomic mass is 10.2. The van der Waals surface area contributed by atoms with E-state index in [1.165, 1.54) is 0 Å². The van der Waals surface area contributed by atoms with Crippen LogP contribution in [0.2, 0.25) is 0 Å². The molecule has 0 saturated heterocycles. The van der Waals surface area contributed by atoms with Crippen molar-refractivity contribution >= 4 is 32.6 Å². The van der Waals surface area contributed by atoms with Gasteiger partial charge in [0.25, 0.3) is 0 Å². The molecule has 0 aliphatic rings. The highest BCUT2D eigenvalue weighted by Crippen LogP contribution is 2.30. The highest BCUT2D eigenvalue weighted by atomic mass is 79.9. The van der Waals surface area contributed by atoms with Gasteiger partial charge in [0, 0.05) is 34.3 Å². The molecule has 3 aromatic rings. The Morgan fingerprint density at radius 2 is 1.95 bits per heavy atom. The Hall–Kier alpha value is -1.81. The van der Waals surface area contributed by atoms with E-state index in [9.17, 15) is 4.79 Å². The van der Waals surface area contributed by atoms with Crippen molar-refractivity contribution in [2.75, 3.05) is 0 Å². The third-order valence-corrected chi connectivity index (χ3v) is 4.69. The number of halogens is 1. The average molecular weight is 331 g/mol. The number of hydrogen-bond donors (Lipinski definition) is 0. The molecule has 102 valence electrons. The molecular formula is C16H15BrN2O. The summed E-state index contributed by atoms with van der Waals surface area (Å²) in [5.74, 6) is 0.119. The molecule has 0 fully saturated rings. The fourth-order valence-corrected chi connectivity index (χ4v) is 3.12. The standard InChI is InChI=1S/C16H15BrN2O/c1-11-16(17)12-6-3-4-7-13(12)19(11)10-15(20)14-8-5-9-18(14)2/h3-9H,10H2,1-2H3. The van der Waals surface area contributed by atoms with Gasteiger partial charge in [-0.05, 0) is 41.1 Å². The van der Waals surface area contributed by atoms with Crippen molar-refractivity contribution in [2.45, 2.75) is 13.5 Å². The molecule has 2 heterocycles. The minimum Gasteiger partial charge on any atom is -0.348 e. The number of carbonyl (C=O) groups is 1. The maximum atomic E-state index is 12.4. The summed E-state index contributed by atoms with van der Waals surface area (Å²) < 4.78 is 4.99. The van der Waals surface area contributed by atoms with Crippen LogP contribution in [0.5, 0.6) is 0 Å². The summed E-state index contributed by atoms with van der Waals surface area (Å²) >= 11 is 3.62. The van der Waals surface area contributed by atoms with Crippen LogP contribution in [0.4, 0.5) is 0 Å². The summed E-state index contributed by atoms with van der Waals surface area (Å²) in [5.41, 5.74) is 2.89. The van der Waals surface area contributed by atoms with Crippen LogP contribution in [-0.4, -0.2) is 14.9 Å². The van der Waals surface area contributed by atoms with E-state index in [2.05, 4.69) is 26.6 Å². The molecule has 0 aliphatic heterocycles. The highest BCUT2D eigenvalue weighted by molar-refractivity contribution is 9.10. The summed E-state index contributed by atoms with van der Waals surface area (Å²) in [6, 6.07) is 11.9. The van der Waals surface area contributed by atoms with E-state index in [0.717, 1.165) is 26.8 Å². The SMILES string of the molecule is Cc1c(Br)c2ccccc2n1CC(=O)c1cccn1C. The van der Waals surface area contributed by atoms with Gasteiger partial charge in [0.2, 0.25) is 0 Å². The molecule has 0 amide bonds. The van der Waals surface area contributed by atoms with Gasteiger partial charge < -0.3 is 9.13 Å². The van der Waals surface area contributed by atoms with Crippen molar-refractivity contribution in [3.8, 4) is 0 Å². The van der Waals surface area contributed by atoms with E-state index in [0.29, 0.717) is 6.54 Å². The van der Waals surface area contributed by atoms with E-state index in [-0.39, 0.29) is 5.78 Å². The van der Waals surface area contributed by atoms with Crippen LogP contribution in [0.1, 0.15) is 16.2 Å². The number of rotatable bonds is 3. The Morgan fingerprint density at radius 1 is 1.20 bits per heavy atom. The Labute approximate surface area is 125 Å². The first-order valence-corrected chi connectivity index (χ1v) is 7.26. The van der Waals surface area contributed by atoms with Crippen molar-refractivity contribution < 1.29 is 4.79 Å². The van der Waals surface area contributed by atoms with Gasteiger partial charge in [0.15, 0.2) is 5.78 Å². The van der Waals surface area contributed by atoms with Crippen molar-refractivity contribution in [1.82, 2.24) is 9.13 Å². The van der Waals surface area contributed by atoms with Gasteiger partial charge in [0.05, 0.1) is 12.2 Å². The van der Waals surface area contributed by atoms with Crippen molar-refractivity contribution in [1.29, 1.82) is 0 Å². The topological polar surface area (TPSA) is 26.9 Å². The van der Waals surface area contributed by atoms with Crippen LogP contribution in [0.25, 0.3) is 10.9 Å². The number of aromatic nitrogens is 2. The largest absolute Gasteiger partial charge is 0.348 e. The van der Waals surface area contributed by atoms with E-state index in [1.54, 1.807) is 0 Å². The molecule has 4 heteroatoms. The third-order valence-electron chi connectivity index (χ3n) is 3.69. The number of fused-ring (bicyclic) bond motifs is 1. The predicted molar refractivity (Wildman–Crippen MR) is 84.1 cm³/mol. The Balaban J connectivity index is 2.06. The van der Waals surface area contributed by atoms with Gasteiger partial charge in [-0.2, -0.15) is 0 Å². The second-order valence-electron chi connectivity index (χ2n) is 4.93. The van der Waals surface area contributed by atoms with Crippen LogP contribution in [-0.2, 0) is 13.6 Å². The number of benzene rings is 1. The van der Waals surface area contributed by atoms with E-state index in [1.807, 2.05) is 55.1 Å². The summed E-state index contributed by atoms with van der Waals surface area (Å²) in [7, 11) is 1.89. The lowest BCUT2D eigenvalue weighted by Gasteiger charge is -2.08. The number of aryl methyl sites for hydroxylation is 1. The molecule has 3 rings (SSSR count). The fourth-order valence-electron chi connectivity index (χ4n) is 2.57. The number of nitrogens with zero attached hydrogens (tertiary/aromatic N) is 2. The van der Waals surface area contributed by atoms with Crippen molar-refractivity contribution in [2.24, 2.45) is 7.05 Å². The zero-order chi connectivity index (χ0) is 14.3. The maximum Gasteiger partial charge on any atom is 0.198 e. The number of ketones is 1. The van der Waals surface area contributed by atoms with Crippen LogP contribution in [0.15, 0.2) is 47.1 Å². The third kappa shape index (κ3) is 2.00. The van der Waals surface area contributed by atoms with Gasteiger partial charge in [-0.3, -0.25) is 4.79 Å². The zero-order valence-corrected chi connectivity index (χ0v) is 13.0. The summed E-state index contributed by atoms with van der Waals surface area (Å²) in [4.78, 5) is 12.4. The minimum absolute atomic E-state index is 0.119. The van der Waals surface area contributed by atoms with E-state index >= 15 is 0 Å². The Morgan fingerprint density at radius 3 is 2.65 bits per heavy atom.